The molecule has 0 atom stereocenters. The summed E-state index contributed by atoms with van der Waals surface area (Å²) in [4.78, 5) is 0. The minimum atomic E-state index is 0.493. The van der Waals surface area contributed by atoms with Gasteiger partial charge >= 0.3 is 0 Å². The van der Waals surface area contributed by atoms with Crippen LogP contribution in [0.4, 0.5) is 0 Å². The van der Waals surface area contributed by atoms with E-state index in [0.717, 1.165) is 11.8 Å². The summed E-state index contributed by atoms with van der Waals surface area (Å²) in [6, 6.07) is 0. The molecule has 4 rings (SSSR count). The van der Waals surface area contributed by atoms with Crippen molar-refractivity contribution in [3.63, 3.8) is 0 Å². The SMILES string of the molecule is CNC12CC3CC(C1)CC(NC)(C3)C2. The standard InChI is InChI=1S/C12H22N2/c1-13-11-4-9-3-10(5-11)7-12(6-9,8-11)14-2/h9-10,13-14H,3-8H2,1-2H3. The number of hydrogen-bond donors (Lipinski definition) is 2. The minimum Gasteiger partial charge on any atom is -0.314 e. The van der Waals surface area contributed by atoms with E-state index in [2.05, 4.69) is 24.7 Å². The third-order valence-electron chi connectivity index (χ3n) is 5.12. The normalized spacial score (nSPS) is 55.3. The second-order valence-electron chi connectivity index (χ2n) is 6.02. The van der Waals surface area contributed by atoms with Gasteiger partial charge in [-0.15, -0.1) is 0 Å². The van der Waals surface area contributed by atoms with E-state index in [-0.39, 0.29) is 0 Å². The summed E-state index contributed by atoms with van der Waals surface area (Å²) in [7, 11) is 4.33. The lowest BCUT2D eigenvalue weighted by Crippen LogP contribution is -2.67. The Morgan fingerprint density at radius 1 is 0.857 bits per heavy atom. The lowest BCUT2D eigenvalue weighted by molar-refractivity contribution is -0.0458. The molecule has 0 heterocycles. The van der Waals surface area contributed by atoms with E-state index in [9.17, 15) is 0 Å². The van der Waals surface area contributed by atoms with Gasteiger partial charge in [0.05, 0.1) is 0 Å². The van der Waals surface area contributed by atoms with Gasteiger partial charge in [0, 0.05) is 11.1 Å². The molecule has 0 radical (unpaired) electrons. The first-order valence-corrected chi connectivity index (χ1v) is 6.07. The highest BCUT2D eigenvalue weighted by atomic mass is 15.0. The summed E-state index contributed by atoms with van der Waals surface area (Å²) in [5.74, 6) is 1.99. The van der Waals surface area contributed by atoms with E-state index in [1.165, 1.54) is 38.5 Å². The molecule has 0 aromatic carbocycles. The van der Waals surface area contributed by atoms with Gasteiger partial charge in [0.25, 0.3) is 0 Å². The highest BCUT2D eigenvalue weighted by molar-refractivity contribution is 5.14. The summed E-state index contributed by atoms with van der Waals surface area (Å²) >= 11 is 0. The van der Waals surface area contributed by atoms with E-state index in [1.54, 1.807) is 0 Å². The quantitative estimate of drug-likeness (QED) is 0.696. The van der Waals surface area contributed by atoms with Gasteiger partial charge in [0.2, 0.25) is 0 Å². The molecule has 0 saturated heterocycles. The molecule has 4 fully saturated rings. The van der Waals surface area contributed by atoms with Crippen LogP contribution >= 0.6 is 0 Å². The third-order valence-corrected chi connectivity index (χ3v) is 5.12. The van der Waals surface area contributed by atoms with Crippen molar-refractivity contribution in [1.29, 1.82) is 0 Å². The zero-order chi connectivity index (χ0) is 9.81. The molecule has 14 heavy (non-hydrogen) atoms. The summed E-state index contributed by atoms with van der Waals surface area (Å²) < 4.78 is 0. The Morgan fingerprint density at radius 2 is 1.29 bits per heavy atom. The molecule has 4 bridgehead atoms. The van der Waals surface area contributed by atoms with Crippen molar-refractivity contribution in [2.45, 2.75) is 49.6 Å². The van der Waals surface area contributed by atoms with Crippen LogP contribution in [0, 0.1) is 11.8 Å². The van der Waals surface area contributed by atoms with Gasteiger partial charge in [-0.1, -0.05) is 0 Å². The van der Waals surface area contributed by atoms with Crippen LogP contribution in [0.25, 0.3) is 0 Å². The first kappa shape index (κ1) is 9.17. The van der Waals surface area contributed by atoms with E-state index in [1.807, 2.05) is 0 Å². The maximum atomic E-state index is 3.63. The predicted molar refractivity (Wildman–Crippen MR) is 58.3 cm³/mol. The Kier molecular flexibility index (Phi) is 1.79. The van der Waals surface area contributed by atoms with Crippen LogP contribution < -0.4 is 10.6 Å². The summed E-state index contributed by atoms with van der Waals surface area (Å²) in [5.41, 5.74) is 0.986. The van der Waals surface area contributed by atoms with Crippen LogP contribution in [0.15, 0.2) is 0 Å². The van der Waals surface area contributed by atoms with Gasteiger partial charge in [-0.3, -0.25) is 0 Å². The highest BCUT2D eigenvalue weighted by Crippen LogP contribution is 2.57. The fourth-order valence-electron chi connectivity index (χ4n) is 4.85. The fraction of sp³-hybridized carbons (Fsp3) is 1.00. The summed E-state index contributed by atoms with van der Waals surface area (Å²) in [5, 5.41) is 7.26. The first-order chi connectivity index (χ1) is 6.69. The second kappa shape index (κ2) is 2.73. The van der Waals surface area contributed by atoms with Crippen molar-refractivity contribution in [1.82, 2.24) is 10.6 Å². The minimum absolute atomic E-state index is 0.493. The molecule has 4 saturated carbocycles. The number of nitrogens with one attached hydrogen (secondary N) is 2. The fourth-order valence-corrected chi connectivity index (χ4v) is 4.85. The van der Waals surface area contributed by atoms with Crippen molar-refractivity contribution >= 4 is 0 Å². The first-order valence-electron chi connectivity index (χ1n) is 6.07. The molecule has 0 aromatic rings. The third kappa shape index (κ3) is 1.10. The lowest BCUT2D eigenvalue weighted by atomic mass is 9.50. The van der Waals surface area contributed by atoms with Crippen molar-refractivity contribution in [2.24, 2.45) is 11.8 Å². The van der Waals surface area contributed by atoms with Crippen LogP contribution in [0.2, 0.25) is 0 Å². The summed E-state index contributed by atoms with van der Waals surface area (Å²) in [6.45, 7) is 0. The largest absolute Gasteiger partial charge is 0.314 e. The Morgan fingerprint density at radius 3 is 1.64 bits per heavy atom. The van der Waals surface area contributed by atoms with Crippen molar-refractivity contribution in [2.75, 3.05) is 14.1 Å². The van der Waals surface area contributed by atoms with Crippen molar-refractivity contribution in [3.8, 4) is 0 Å². The lowest BCUT2D eigenvalue weighted by Gasteiger charge is -2.62. The molecule has 2 heteroatoms. The Bertz CT molecular complexity index is 213. The molecule has 0 aliphatic heterocycles. The van der Waals surface area contributed by atoms with Gasteiger partial charge in [-0.05, 0) is 64.5 Å². The number of hydrogen-bond acceptors (Lipinski definition) is 2. The molecule has 0 unspecified atom stereocenters. The maximum absolute atomic E-state index is 3.63. The molecule has 2 nitrogen and oxygen atoms in total. The van der Waals surface area contributed by atoms with Crippen LogP contribution in [0.5, 0.6) is 0 Å². The zero-order valence-electron chi connectivity index (χ0n) is 9.40. The predicted octanol–water partition coefficient (Wildman–Crippen LogP) is 1.52. The maximum Gasteiger partial charge on any atom is 0.0201 e. The molecule has 80 valence electrons. The smallest absolute Gasteiger partial charge is 0.0201 e. The van der Waals surface area contributed by atoms with Crippen molar-refractivity contribution in [3.05, 3.63) is 0 Å². The highest BCUT2D eigenvalue weighted by Gasteiger charge is 2.56. The summed E-state index contributed by atoms with van der Waals surface area (Å²) in [6.07, 6.45) is 8.60. The van der Waals surface area contributed by atoms with E-state index in [0.29, 0.717) is 11.1 Å². The average molecular weight is 194 g/mol. The van der Waals surface area contributed by atoms with Crippen LogP contribution in [0.3, 0.4) is 0 Å². The van der Waals surface area contributed by atoms with Gasteiger partial charge in [-0.25, -0.2) is 0 Å². The van der Waals surface area contributed by atoms with Gasteiger partial charge < -0.3 is 10.6 Å². The zero-order valence-corrected chi connectivity index (χ0v) is 9.40. The van der Waals surface area contributed by atoms with Crippen LogP contribution in [-0.2, 0) is 0 Å². The van der Waals surface area contributed by atoms with Crippen LogP contribution in [-0.4, -0.2) is 25.2 Å². The molecule has 2 N–H and O–H groups in total. The van der Waals surface area contributed by atoms with Gasteiger partial charge in [-0.2, -0.15) is 0 Å². The molecule has 0 aromatic heterocycles. The van der Waals surface area contributed by atoms with E-state index < -0.39 is 0 Å². The molecular formula is C12H22N2. The molecule has 0 amide bonds. The van der Waals surface area contributed by atoms with E-state index >= 15 is 0 Å². The average Bonchev–Trinajstić information content (AvgIpc) is 2.16. The molecule has 0 spiro atoms. The van der Waals surface area contributed by atoms with Gasteiger partial charge in [0.1, 0.15) is 0 Å². The van der Waals surface area contributed by atoms with Crippen molar-refractivity contribution < 1.29 is 0 Å². The Hall–Kier alpha value is -0.0800. The molecule has 4 aliphatic rings. The monoisotopic (exact) mass is 194 g/mol. The second-order valence-corrected chi connectivity index (χ2v) is 6.02. The topological polar surface area (TPSA) is 24.1 Å². The van der Waals surface area contributed by atoms with E-state index in [4.69, 9.17) is 0 Å². The molecule has 4 aliphatic carbocycles. The Balaban J connectivity index is 1.94. The number of rotatable bonds is 2. The Labute approximate surface area is 86.8 Å². The van der Waals surface area contributed by atoms with Gasteiger partial charge in [0.15, 0.2) is 0 Å². The molecular weight excluding hydrogens is 172 g/mol. The van der Waals surface area contributed by atoms with Crippen LogP contribution in [0.1, 0.15) is 38.5 Å².